The first-order chi connectivity index (χ1) is 11.8. The Balaban J connectivity index is 1.75. The molecule has 0 radical (unpaired) electrons. The summed E-state index contributed by atoms with van der Waals surface area (Å²) >= 11 is 0. The highest BCUT2D eigenvalue weighted by Gasteiger charge is 2.30. The van der Waals surface area contributed by atoms with Crippen LogP contribution in [0.1, 0.15) is 43.2 Å². The molecule has 0 spiro atoms. The fourth-order valence-electron chi connectivity index (χ4n) is 2.90. The Labute approximate surface area is 144 Å². The third-order valence-electron chi connectivity index (χ3n) is 4.37. The number of halogens is 3. The van der Waals surface area contributed by atoms with Crippen LogP contribution in [0.25, 0.3) is 0 Å². The Hall–Kier alpha value is -2.18. The lowest BCUT2D eigenvalue weighted by Crippen LogP contribution is -2.36. The molecule has 1 aromatic rings. The fraction of sp³-hybridized carbons (Fsp3) is 0.500. The van der Waals surface area contributed by atoms with Crippen molar-refractivity contribution in [1.29, 1.82) is 0 Å². The summed E-state index contributed by atoms with van der Waals surface area (Å²) in [6.45, 7) is 0.544. The molecule has 4 nitrogen and oxygen atoms in total. The van der Waals surface area contributed by atoms with E-state index in [1.54, 1.807) is 0 Å². The van der Waals surface area contributed by atoms with Gasteiger partial charge >= 0.3 is 6.18 Å². The van der Waals surface area contributed by atoms with Crippen LogP contribution >= 0.6 is 0 Å². The molecule has 1 fully saturated rings. The van der Waals surface area contributed by atoms with E-state index in [9.17, 15) is 27.6 Å². The number of hydrogen-bond donors (Lipinski definition) is 0. The van der Waals surface area contributed by atoms with Gasteiger partial charge in [0.2, 0.25) is 5.91 Å². The maximum atomic E-state index is 12.5. The number of Topliss-reactive ketones (excluding diaryl/α,β-unsaturated/α-hetero) is 1. The molecule has 1 aliphatic heterocycles. The molecule has 1 atom stereocenters. The molecule has 1 saturated heterocycles. The van der Waals surface area contributed by atoms with Gasteiger partial charge in [-0.2, -0.15) is 13.2 Å². The van der Waals surface area contributed by atoms with Crippen LogP contribution in [0.2, 0.25) is 0 Å². The summed E-state index contributed by atoms with van der Waals surface area (Å²) in [7, 11) is 0. The van der Waals surface area contributed by atoms with Gasteiger partial charge in [-0.05, 0) is 37.0 Å². The van der Waals surface area contributed by atoms with Crippen molar-refractivity contribution in [1.82, 2.24) is 4.90 Å². The molecular formula is C18H20F3NO3. The van der Waals surface area contributed by atoms with E-state index < -0.39 is 11.7 Å². The molecule has 0 N–H and O–H groups in total. The summed E-state index contributed by atoms with van der Waals surface area (Å²) < 4.78 is 37.4. The molecule has 25 heavy (non-hydrogen) atoms. The predicted octanol–water partition coefficient (Wildman–Crippen LogP) is 3.18. The van der Waals surface area contributed by atoms with Crippen molar-refractivity contribution in [2.45, 2.75) is 50.7 Å². The third kappa shape index (κ3) is 5.41. The number of ketones is 1. The quantitative estimate of drug-likeness (QED) is 0.706. The van der Waals surface area contributed by atoms with E-state index in [1.165, 1.54) is 17.0 Å². The first-order valence-corrected chi connectivity index (χ1v) is 8.24. The van der Waals surface area contributed by atoms with E-state index in [1.807, 2.05) is 0 Å². The number of benzene rings is 1. The molecule has 1 amide bonds. The molecule has 0 aromatic heterocycles. The van der Waals surface area contributed by atoms with Gasteiger partial charge in [0.15, 0.2) is 0 Å². The second-order valence-corrected chi connectivity index (χ2v) is 6.17. The van der Waals surface area contributed by atoms with Crippen LogP contribution in [-0.2, 0) is 27.0 Å². The van der Waals surface area contributed by atoms with Crippen molar-refractivity contribution >= 4 is 18.0 Å². The van der Waals surface area contributed by atoms with Gasteiger partial charge in [0.05, 0.1) is 11.6 Å². The zero-order valence-corrected chi connectivity index (χ0v) is 13.7. The van der Waals surface area contributed by atoms with E-state index in [2.05, 4.69) is 0 Å². The molecule has 0 aliphatic carbocycles. The molecular weight excluding hydrogens is 335 g/mol. The van der Waals surface area contributed by atoms with Gasteiger partial charge in [-0.25, -0.2) is 0 Å². The number of likely N-dealkylation sites (tertiary alicyclic amines) is 1. The maximum absolute atomic E-state index is 12.5. The monoisotopic (exact) mass is 355 g/mol. The van der Waals surface area contributed by atoms with Crippen LogP contribution in [0.5, 0.6) is 0 Å². The van der Waals surface area contributed by atoms with Crippen molar-refractivity contribution < 1.29 is 27.6 Å². The number of carbonyl (C=O) groups is 3. The summed E-state index contributed by atoms with van der Waals surface area (Å²) in [5, 5.41) is 0. The SMILES string of the molecule is O=C[C@@H]1CCCN1C(=O)CCC(=O)CCc1ccc(C(F)(F)F)cc1. The summed E-state index contributed by atoms with van der Waals surface area (Å²) in [5.74, 6) is -0.312. The highest BCUT2D eigenvalue weighted by atomic mass is 19.4. The first kappa shape index (κ1) is 19.1. The Morgan fingerprint density at radius 1 is 1.12 bits per heavy atom. The lowest BCUT2D eigenvalue weighted by Gasteiger charge is -2.20. The summed E-state index contributed by atoms with van der Waals surface area (Å²) in [6.07, 6.45) is -1.49. The van der Waals surface area contributed by atoms with Crippen LogP contribution < -0.4 is 0 Å². The van der Waals surface area contributed by atoms with Gasteiger partial charge in [-0.3, -0.25) is 9.59 Å². The standard InChI is InChI=1S/C18H20F3NO3/c19-18(20,21)14-6-3-13(4-7-14)5-8-16(24)9-10-17(25)22-11-1-2-15(22)12-23/h3-4,6-7,12,15H,1-2,5,8-11H2/t15-/m0/s1. The summed E-state index contributed by atoms with van der Waals surface area (Å²) in [4.78, 5) is 36.3. The van der Waals surface area contributed by atoms with E-state index in [0.717, 1.165) is 24.8 Å². The van der Waals surface area contributed by atoms with Crippen LogP contribution in [0.4, 0.5) is 13.2 Å². The summed E-state index contributed by atoms with van der Waals surface area (Å²) in [6, 6.07) is 4.34. The van der Waals surface area contributed by atoms with E-state index in [4.69, 9.17) is 0 Å². The zero-order valence-electron chi connectivity index (χ0n) is 13.7. The largest absolute Gasteiger partial charge is 0.416 e. The number of rotatable bonds is 7. The topological polar surface area (TPSA) is 54.5 Å². The van der Waals surface area contributed by atoms with E-state index in [0.29, 0.717) is 24.9 Å². The van der Waals surface area contributed by atoms with Gasteiger partial charge in [-0.15, -0.1) is 0 Å². The van der Waals surface area contributed by atoms with Gasteiger partial charge in [0, 0.05) is 25.8 Å². The minimum absolute atomic E-state index is 0.0657. The van der Waals surface area contributed by atoms with Gasteiger partial charge in [0.25, 0.3) is 0 Å². The number of aryl methyl sites for hydroxylation is 1. The first-order valence-electron chi connectivity index (χ1n) is 8.24. The molecule has 7 heteroatoms. The second kappa shape index (κ2) is 8.27. The van der Waals surface area contributed by atoms with Gasteiger partial charge in [-0.1, -0.05) is 12.1 Å². The minimum Gasteiger partial charge on any atom is -0.333 e. The van der Waals surface area contributed by atoms with E-state index in [-0.39, 0.29) is 37.0 Å². The van der Waals surface area contributed by atoms with Crippen LogP contribution in [0, 0.1) is 0 Å². The van der Waals surface area contributed by atoms with Crippen molar-refractivity contribution in [3.05, 3.63) is 35.4 Å². The van der Waals surface area contributed by atoms with Crippen molar-refractivity contribution in [3.8, 4) is 0 Å². The number of amides is 1. The van der Waals surface area contributed by atoms with E-state index >= 15 is 0 Å². The highest BCUT2D eigenvalue weighted by molar-refractivity contribution is 5.86. The Morgan fingerprint density at radius 2 is 1.80 bits per heavy atom. The number of alkyl halides is 3. The van der Waals surface area contributed by atoms with Crippen LogP contribution in [0.15, 0.2) is 24.3 Å². The Kier molecular flexibility index (Phi) is 6.33. The zero-order chi connectivity index (χ0) is 18.4. The average Bonchev–Trinajstić information content (AvgIpc) is 3.06. The lowest BCUT2D eigenvalue weighted by atomic mass is 10.0. The molecule has 0 bridgehead atoms. The molecule has 0 unspecified atom stereocenters. The smallest absolute Gasteiger partial charge is 0.333 e. The predicted molar refractivity (Wildman–Crippen MR) is 84.8 cm³/mol. The molecule has 0 saturated carbocycles. The van der Waals surface area contributed by atoms with Crippen LogP contribution in [-0.4, -0.2) is 35.5 Å². The van der Waals surface area contributed by atoms with Gasteiger partial charge < -0.3 is 9.69 Å². The normalized spacial score (nSPS) is 17.6. The number of hydrogen-bond acceptors (Lipinski definition) is 3. The molecule has 136 valence electrons. The molecule has 1 aromatic carbocycles. The average molecular weight is 355 g/mol. The minimum atomic E-state index is -4.37. The Bertz CT molecular complexity index is 625. The molecule has 1 heterocycles. The molecule has 2 rings (SSSR count). The fourth-order valence-corrected chi connectivity index (χ4v) is 2.90. The van der Waals surface area contributed by atoms with Crippen LogP contribution in [0.3, 0.4) is 0 Å². The number of nitrogens with zero attached hydrogens (tertiary/aromatic N) is 1. The lowest BCUT2D eigenvalue weighted by molar-refractivity contribution is -0.137. The third-order valence-corrected chi connectivity index (χ3v) is 4.37. The van der Waals surface area contributed by atoms with Gasteiger partial charge in [0.1, 0.15) is 12.1 Å². The number of carbonyl (C=O) groups excluding carboxylic acids is 3. The van der Waals surface area contributed by atoms with Crippen molar-refractivity contribution in [2.75, 3.05) is 6.54 Å². The Morgan fingerprint density at radius 3 is 2.40 bits per heavy atom. The highest BCUT2D eigenvalue weighted by Crippen LogP contribution is 2.29. The maximum Gasteiger partial charge on any atom is 0.416 e. The summed E-state index contributed by atoms with van der Waals surface area (Å²) in [5.41, 5.74) is -0.0724. The van der Waals surface area contributed by atoms with Crippen molar-refractivity contribution in [3.63, 3.8) is 0 Å². The van der Waals surface area contributed by atoms with Crippen molar-refractivity contribution in [2.24, 2.45) is 0 Å². The number of aldehydes is 1. The second-order valence-electron chi connectivity index (χ2n) is 6.17. The molecule has 1 aliphatic rings.